The number of esters is 1. The summed E-state index contributed by atoms with van der Waals surface area (Å²) in [6.07, 6.45) is 4.78. The summed E-state index contributed by atoms with van der Waals surface area (Å²) < 4.78 is 4.61. The van der Waals surface area contributed by atoms with Crippen molar-refractivity contribution in [2.45, 2.75) is 0 Å². The molecule has 6 heteroatoms. The SMILES string of the molecule is COC(=O)c1cncc(Nc2nccs2)c1. The quantitative estimate of drug-likeness (QED) is 0.825. The van der Waals surface area contributed by atoms with Crippen LogP contribution in [0.15, 0.2) is 30.0 Å². The van der Waals surface area contributed by atoms with E-state index in [-0.39, 0.29) is 0 Å². The summed E-state index contributed by atoms with van der Waals surface area (Å²) in [7, 11) is 1.34. The largest absolute Gasteiger partial charge is 0.465 e. The third-order valence-electron chi connectivity index (χ3n) is 1.84. The molecule has 0 amide bonds. The van der Waals surface area contributed by atoms with Crippen LogP contribution in [-0.4, -0.2) is 23.0 Å². The first kappa shape index (κ1) is 10.6. The maximum absolute atomic E-state index is 11.3. The van der Waals surface area contributed by atoms with Gasteiger partial charge in [-0.25, -0.2) is 9.78 Å². The molecule has 0 atom stereocenters. The van der Waals surface area contributed by atoms with E-state index in [0.29, 0.717) is 11.3 Å². The highest BCUT2D eigenvalue weighted by atomic mass is 32.1. The Morgan fingerprint density at radius 2 is 2.38 bits per heavy atom. The Labute approximate surface area is 96.1 Å². The number of rotatable bonds is 3. The number of nitrogens with one attached hydrogen (secondary N) is 1. The van der Waals surface area contributed by atoms with E-state index in [0.717, 1.165) is 5.13 Å². The first-order chi connectivity index (χ1) is 7.79. The third-order valence-corrected chi connectivity index (χ3v) is 2.53. The van der Waals surface area contributed by atoms with Gasteiger partial charge in [-0.3, -0.25) is 4.98 Å². The molecule has 1 N–H and O–H groups in total. The molecule has 16 heavy (non-hydrogen) atoms. The second kappa shape index (κ2) is 4.71. The molecule has 2 heterocycles. The minimum Gasteiger partial charge on any atom is -0.465 e. The van der Waals surface area contributed by atoms with Crippen LogP contribution in [0.5, 0.6) is 0 Å². The van der Waals surface area contributed by atoms with Gasteiger partial charge in [-0.2, -0.15) is 0 Å². The van der Waals surface area contributed by atoms with E-state index in [9.17, 15) is 4.79 Å². The minimum atomic E-state index is -0.407. The van der Waals surface area contributed by atoms with E-state index in [1.54, 1.807) is 18.5 Å². The van der Waals surface area contributed by atoms with Gasteiger partial charge in [-0.05, 0) is 6.07 Å². The lowest BCUT2D eigenvalue weighted by atomic mass is 10.2. The van der Waals surface area contributed by atoms with E-state index in [2.05, 4.69) is 20.0 Å². The van der Waals surface area contributed by atoms with Crippen LogP contribution in [0.25, 0.3) is 0 Å². The molecule has 0 aliphatic carbocycles. The zero-order valence-corrected chi connectivity index (χ0v) is 9.32. The molecule has 2 aromatic heterocycles. The zero-order valence-electron chi connectivity index (χ0n) is 8.51. The zero-order chi connectivity index (χ0) is 11.4. The summed E-state index contributed by atoms with van der Waals surface area (Å²) in [5.74, 6) is -0.407. The van der Waals surface area contributed by atoms with Gasteiger partial charge in [-0.15, -0.1) is 11.3 Å². The van der Waals surface area contributed by atoms with E-state index in [4.69, 9.17) is 0 Å². The van der Waals surface area contributed by atoms with Gasteiger partial charge in [0.15, 0.2) is 5.13 Å². The number of ether oxygens (including phenoxy) is 1. The van der Waals surface area contributed by atoms with E-state index >= 15 is 0 Å². The number of anilines is 2. The van der Waals surface area contributed by atoms with Crippen molar-refractivity contribution >= 4 is 28.1 Å². The first-order valence-electron chi connectivity index (χ1n) is 4.49. The minimum absolute atomic E-state index is 0.407. The van der Waals surface area contributed by atoms with Crippen LogP contribution in [-0.2, 0) is 4.74 Å². The molecule has 0 radical (unpaired) electrons. The summed E-state index contributed by atoms with van der Waals surface area (Å²) in [5.41, 5.74) is 1.11. The lowest BCUT2D eigenvalue weighted by Gasteiger charge is -2.03. The van der Waals surface area contributed by atoms with Crippen molar-refractivity contribution in [1.29, 1.82) is 0 Å². The molecule has 0 aliphatic rings. The smallest absolute Gasteiger partial charge is 0.339 e. The van der Waals surface area contributed by atoms with Crippen LogP contribution in [0.3, 0.4) is 0 Å². The maximum atomic E-state index is 11.3. The number of nitrogens with zero attached hydrogens (tertiary/aromatic N) is 2. The van der Waals surface area contributed by atoms with Gasteiger partial charge in [0.1, 0.15) is 0 Å². The van der Waals surface area contributed by atoms with Crippen molar-refractivity contribution < 1.29 is 9.53 Å². The summed E-state index contributed by atoms with van der Waals surface area (Å²) in [6.45, 7) is 0. The Balaban J connectivity index is 2.19. The first-order valence-corrected chi connectivity index (χ1v) is 5.37. The number of thiazole rings is 1. The highest BCUT2D eigenvalue weighted by Crippen LogP contribution is 2.18. The number of pyridine rings is 1. The number of hydrogen-bond donors (Lipinski definition) is 1. The van der Waals surface area contributed by atoms with Gasteiger partial charge in [-0.1, -0.05) is 0 Å². The van der Waals surface area contributed by atoms with Crippen molar-refractivity contribution in [3.63, 3.8) is 0 Å². The average molecular weight is 235 g/mol. The van der Waals surface area contributed by atoms with Crippen molar-refractivity contribution in [1.82, 2.24) is 9.97 Å². The normalized spacial score (nSPS) is 9.81. The van der Waals surface area contributed by atoms with Crippen LogP contribution < -0.4 is 5.32 Å². The van der Waals surface area contributed by atoms with Crippen LogP contribution in [0.2, 0.25) is 0 Å². The summed E-state index contributed by atoms with van der Waals surface area (Å²) in [6, 6.07) is 1.67. The molecule has 2 rings (SSSR count). The van der Waals surface area contributed by atoms with E-state index < -0.39 is 5.97 Å². The Morgan fingerprint density at radius 3 is 3.06 bits per heavy atom. The van der Waals surface area contributed by atoms with Crippen LogP contribution >= 0.6 is 11.3 Å². The molecule has 0 spiro atoms. The molecule has 0 aliphatic heterocycles. The number of carbonyl (C=O) groups excluding carboxylic acids is 1. The van der Waals surface area contributed by atoms with Gasteiger partial charge in [0.25, 0.3) is 0 Å². The van der Waals surface area contributed by atoms with Crippen LogP contribution in [0.4, 0.5) is 10.8 Å². The molecule has 0 bridgehead atoms. The number of carbonyl (C=O) groups is 1. The molecular formula is C10H9N3O2S. The second-order valence-corrected chi connectivity index (χ2v) is 3.81. The number of aromatic nitrogens is 2. The number of methoxy groups -OCH3 is 1. The molecule has 0 saturated carbocycles. The van der Waals surface area contributed by atoms with Gasteiger partial charge in [0, 0.05) is 17.8 Å². The molecule has 5 nitrogen and oxygen atoms in total. The Morgan fingerprint density at radius 1 is 1.50 bits per heavy atom. The molecule has 0 aromatic carbocycles. The molecular weight excluding hydrogens is 226 g/mol. The molecule has 0 unspecified atom stereocenters. The fourth-order valence-corrected chi connectivity index (χ4v) is 1.70. The van der Waals surface area contributed by atoms with Crippen molar-refractivity contribution in [2.24, 2.45) is 0 Å². The lowest BCUT2D eigenvalue weighted by Crippen LogP contribution is -2.02. The topological polar surface area (TPSA) is 64.1 Å². The maximum Gasteiger partial charge on any atom is 0.339 e. The fourth-order valence-electron chi connectivity index (χ4n) is 1.15. The second-order valence-electron chi connectivity index (χ2n) is 2.92. The lowest BCUT2D eigenvalue weighted by molar-refractivity contribution is 0.0600. The molecule has 82 valence electrons. The summed E-state index contributed by atoms with van der Waals surface area (Å²) >= 11 is 1.47. The number of hydrogen-bond acceptors (Lipinski definition) is 6. The van der Waals surface area contributed by atoms with Crippen LogP contribution in [0, 0.1) is 0 Å². The van der Waals surface area contributed by atoms with Crippen LogP contribution in [0.1, 0.15) is 10.4 Å². The van der Waals surface area contributed by atoms with Gasteiger partial charge in [0.2, 0.25) is 0 Å². The molecule has 0 fully saturated rings. The van der Waals surface area contributed by atoms with Crippen molar-refractivity contribution in [3.8, 4) is 0 Å². The van der Waals surface area contributed by atoms with Crippen molar-refractivity contribution in [2.75, 3.05) is 12.4 Å². The van der Waals surface area contributed by atoms with Gasteiger partial charge >= 0.3 is 5.97 Å². The average Bonchev–Trinajstić information content (AvgIpc) is 2.81. The molecule has 0 saturated heterocycles. The predicted octanol–water partition coefficient (Wildman–Crippen LogP) is 2.07. The van der Waals surface area contributed by atoms with Crippen molar-refractivity contribution in [3.05, 3.63) is 35.6 Å². The highest BCUT2D eigenvalue weighted by molar-refractivity contribution is 7.13. The fraction of sp³-hybridized carbons (Fsp3) is 0.100. The van der Waals surface area contributed by atoms with Gasteiger partial charge < -0.3 is 10.1 Å². The Kier molecular flexibility index (Phi) is 3.11. The third kappa shape index (κ3) is 2.34. The Bertz CT molecular complexity index is 485. The van der Waals surface area contributed by atoms with E-state index in [1.807, 2.05) is 5.38 Å². The van der Waals surface area contributed by atoms with Gasteiger partial charge in [0.05, 0.1) is 24.6 Å². The summed E-state index contributed by atoms with van der Waals surface area (Å²) in [4.78, 5) is 19.3. The highest BCUT2D eigenvalue weighted by Gasteiger charge is 2.06. The van der Waals surface area contributed by atoms with E-state index in [1.165, 1.54) is 24.6 Å². The standard InChI is InChI=1S/C10H9N3O2S/c1-15-9(14)7-4-8(6-11-5-7)13-10-12-2-3-16-10/h2-6H,1H3,(H,12,13). The predicted molar refractivity (Wildman–Crippen MR) is 61.0 cm³/mol. The monoisotopic (exact) mass is 235 g/mol. The summed E-state index contributed by atoms with van der Waals surface area (Å²) in [5, 5.41) is 5.65. The molecule has 2 aromatic rings. The Hall–Kier alpha value is -1.95.